The molecule has 1 saturated heterocycles. The van der Waals surface area contributed by atoms with Crippen LogP contribution in [-0.4, -0.2) is 35.0 Å². The summed E-state index contributed by atoms with van der Waals surface area (Å²) in [6.45, 7) is 5.59. The fourth-order valence-electron chi connectivity index (χ4n) is 3.60. The molecule has 0 radical (unpaired) electrons. The van der Waals surface area contributed by atoms with E-state index in [0.29, 0.717) is 0 Å². The molecule has 1 N–H and O–H groups in total. The first kappa shape index (κ1) is 16.3. The van der Waals surface area contributed by atoms with E-state index < -0.39 is 0 Å². The van der Waals surface area contributed by atoms with Gasteiger partial charge in [0.1, 0.15) is 0 Å². The van der Waals surface area contributed by atoms with Crippen molar-refractivity contribution in [3.63, 3.8) is 0 Å². The van der Waals surface area contributed by atoms with Crippen LogP contribution in [0.2, 0.25) is 0 Å². The topological polar surface area (TPSA) is 41.1 Å². The van der Waals surface area contributed by atoms with E-state index in [9.17, 15) is 0 Å². The Morgan fingerprint density at radius 2 is 1.92 bits per heavy atom. The molecule has 2 aromatic heterocycles. The van der Waals surface area contributed by atoms with E-state index in [1.165, 1.54) is 37.9 Å². The average Bonchev–Trinajstić information content (AvgIpc) is 3.41. The number of nitrogens with one attached hydrogen (secondary N) is 1. The zero-order valence-electron chi connectivity index (χ0n) is 15.1. The van der Waals surface area contributed by atoms with Crippen molar-refractivity contribution in [2.75, 3.05) is 25.5 Å². The molecule has 0 amide bonds. The number of nitrogens with zero attached hydrogens (tertiary/aromatic N) is 3. The Morgan fingerprint density at radius 3 is 2.64 bits per heavy atom. The van der Waals surface area contributed by atoms with E-state index >= 15 is 0 Å². The van der Waals surface area contributed by atoms with E-state index in [-0.39, 0.29) is 5.41 Å². The van der Waals surface area contributed by atoms with E-state index in [1.807, 2.05) is 19.4 Å². The van der Waals surface area contributed by atoms with Gasteiger partial charge in [-0.2, -0.15) is 0 Å². The minimum atomic E-state index is -0.00675. The van der Waals surface area contributed by atoms with Gasteiger partial charge in [0.25, 0.3) is 0 Å². The highest BCUT2D eigenvalue weighted by Gasteiger charge is 2.34. The van der Waals surface area contributed by atoms with E-state index in [1.54, 1.807) is 0 Å². The first-order chi connectivity index (χ1) is 12.2. The number of allylic oxidation sites excluding steroid dienone is 2. The second-order valence-corrected chi connectivity index (χ2v) is 7.38. The maximum atomic E-state index is 4.96. The molecule has 0 aromatic carbocycles. The zero-order valence-corrected chi connectivity index (χ0v) is 15.1. The van der Waals surface area contributed by atoms with Crippen molar-refractivity contribution in [3.05, 3.63) is 54.0 Å². The predicted molar refractivity (Wildman–Crippen MR) is 103 cm³/mol. The van der Waals surface area contributed by atoms with Crippen molar-refractivity contribution >= 4 is 5.69 Å². The van der Waals surface area contributed by atoms with Crippen LogP contribution in [0.4, 0.5) is 5.69 Å². The van der Waals surface area contributed by atoms with Gasteiger partial charge >= 0.3 is 0 Å². The third-order valence-corrected chi connectivity index (χ3v) is 5.29. The van der Waals surface area contributed by atoms with Gasteiger partial charge in [-0.05, 0) is 56.6 Å². The molecule has 4 heteroatoms. The molecular weight excluding hydrogens is 308 g/mol. The van der Waals surface area contributed by atoms with Crippen LogP contribution in [0.1, 0.15) is 37.4 Å². The van der Waals surface area contributed by atoms with Crippen molar-refractivity contribution in [2.45, 2.75) is 38.1 Å². The van der Waals surface area contributed by atoms with Gasteiger partial charge in [0.2, 0.25) is 0 Å². The lowest BCUT2D eigenvalue weighted by atomic mass is 9.99. The number of likely N-dealkylation sites (tertiary alicyclic amines) is 1. The number of anilines is 1. The largest absolute Gasteiger partial charge is 0.387 e. The van der Waals surface area contributed by atoms with Crippen LogP contribution in [0.25, 0.3) is 11.3 Å². The van der Waals surface area contributed by atoms with E-state index in [2.05, 4.69) is 52.5 Å². The Labute approximate surface area is 150 Å². The summed E-state index contributed by atoms with van der Waals surface area (Å²) in [5.74, 6) is 0. The number of rotatable bonds is 5. The summed E-state index contributed by atoms with van der Waals surface area (Å²) in [7, 11) is 1.95. The van der Waals surface area contributed by atoms with Crippen molar-refractivity contribution in [3.8, 4) is 11.3 Å². The molecule has 0 unspecified atom stereocenters. The highest BCUT2D eigenvalue weighted by Crippen LogP contribution is 2.41. The maximum Gasteiger partial charge on any atom is 0.0776 e. The number of piperidine rings is 1. The van der Waals surface area contributed by atoms with Crippen molar-refractivity contribution in [2.24, 2.45) is 0 Å². The normalized spacial score (nSPS) is 19.0. The zero-order chi connectivity index (χ0) is 17.3. The number of aromatic nitrogens is 2. The third-order valence-electron chi connectivity index (χ3n) is 5.29. The van der Waals surface area contributed by atoms with Crippen LogP contribution >= 0.6 is 0 Å². The van der Waals surface area contributed by atoms with Crippen LogP contribution in [-0.2, 0) is 12.0 Å². The van der Waals surface area contributed by atoms with Crippen molar-refractivity contribution in [1.82, 2.24) is 14.9 Å². The summed E-state index contributed by atoms with van der Waals surface area (Å²) >= 11 is 0. The summed E-state index contributed by atoms with van der Waals surface area (Å²) in [4.78, 5) is 12.0. The molecule has 4 rings (SSSR count). The van der Waals surface area contributed by atoms with Gasteiger partial charge in [-0.25, -0.2) is 4.98 Å². The molecule has 0 atom stereocenters. The molecule has 4 nitrogen and oxygen atoms in total. The fourth-order valence-corrected chi connectivity index (χ4v) is 3.60. The molecule has 1 aliphatic carbocycles. The first-order valence-electron chi connectivity index (χ1n) is 9.24. The molecule has 1 aliphatic heterocycles. The van der Waals surface area contributed by atoms with Crippen LogP contribution in [0.5, 0.6) is 0 Å². The molecule has 0 saturated carbocycles. The second kappa shape index (κ2) is 6.60. The second-order valence-electron chi connectivity index (χ2n) is 7.38. The molecule has 0 spiro atoms. The minimum absolute atomic E-state index is 0.00675. The van der Waals surface area contributed by atoms with Gasteiger partial charge in [0, 0.05) is 37.0 Å². The third kappa shape index (κ3) is 3.45. The molecule has 0 bridgehead atoms. The molecule has 3 heterocycles. The van der Waals surface area contributed by atoms with Crippen molar-refractivity contribution in [1.29, 1.82) is 0 Å². The quantitative estimate of drug-likeness (QED) is 0.839. The lowest BCUT2D eigenvalue weighted by molar-refractivity contribution is 0.220. The highest BCUT2D eigenvalue weighted by atomic mass is 15.1. The van der Waals surface area contributed by atoms with Crippen LogP contribution in [0.15, 0.2) is 42.7 Å². The van der Waals surface area contributed by atoms with Gasteiger partial charge in [-0.1, -0.05) is 18.6 Å². The summed E-state index contributed by atoms with van der Waals surface area (Å²) in [5.41, 5.74) is 5.55. The Balaban J connectivity index is 1.60. The molecule has 25 heavy (non-hydrogen) atoms. The maximum absolute atomic E-state index is 4.96. The Bertz CT molecular complexity index is 784. The number of hydrogen-bond acceptors (Lipinski definition) is 4. The standard InChI is InChI=1S/C21H26N4/c1-21(8-9-21)20-19(22-2)7-6-18(24-20)17-12-16(13-23-14-17)15-25-10-4-3-5-11-25/h6-9,12-14,22H,3-5,10-11,15H2,1-2H3. The average molecular weight is 334 g/mol. The van der Waals surface area contributed by atoms with Gasteiger partial charge in [0.05, 0.1) is 17.1 Å². The fraction of sp³-hybridized carbons (Fsp3) is 0.429. The van der Waals surface area contributed by atoms with Crippen molar-refractivity contribution < 1.29 is 0 Å². The monoisotopic (exact) mass is 334 g/mol. The van der Waals surface area contributed by atoms with Gasteiger partial charge in [-0.3, -0.25) is 9.88 Å². The summed E-state index contributed by atoms with van der Waals surface area (Å²) in [5, 5.41) is 3.26. The van der Waals surface area contributed by atoms with E-state index in [4.69, 9.17) is 4.98 Å². The molecule has 2 aliphatic rings. The summed E-state index contributed by atoms with van der Waals surface area (Å²) in [6, 6.07) is 6.46. The predicted octanol–water partition coefficient (Wildman–Crippen LogP) is 4.00. The van der Waals surface area contributed by atoms with Gasteiger partial charge in [0.15, 0.2) is 0 Å². The molecule has 1 fully saturated rings. The first-order valence-corrected chi connectivity index (χ1v) is 9.24. The van der Waals surface area contributed by atoms with Gasteiger partial charge in [-0.15, -0.1) is 0 Å². The lowest BCUT2D eigenvalue weighted by Crippen LogP contribution is -2.29. The molecular formula is C21H26N4. The van der Waals surface area contributed by atoms with Crippen LogP contribution in [0.3, 0.4) is 0 Å². The SMILES string of the molecule is CNc1ccc(-c2cncc(CN3CCCCC3)c2)nc1C1(C)C=C1. The van der Waals surface area contributed by atoms with Crippen LogP contribution < -0.4 is 5.32 Å². The summed E-state index contributed by atoms with van der Waals surface area (Å²) in [6.07, 6.45) is 12.3. The Morgan fingerprint density at radius 1 is 1.12 bits per heavy atom. The minimum Gasteiger partial charge on any atom is -0.387 e. The Kier molecular flexibility index (Phi) is 4.30. The highest BCUT2D eigenvalue weighted by molar-refractivity contribution is 5.66. The van der Waals surface area contributed by atoms with Gasteiger partial charge < -0.3 is 5.32 Å². The number of pyridine rings is 2. The summed E-state index contributed by atoms with van der Waals surface area (Å²) < 4.78 is 0. The van der Waals surface area contributed by atoms with Crippen LogP contribution in [0, 0.1) is 0 Å². The smallest absolute Gasteiger partial charge is 0.0776 e. The molecule has 130 valence electrons. The Hall–Kier alpha value is -2.20. The lowest BCUT2D eigenvalue weighted by Gasteiger charge is -2.26. The molecule has 2 aromatic rings. The van der Waals surface area contributed by atoms with E-state index in [0.717, 1.165) is 29.2 Å². The number of hydrogen-bond donors (Lipinski definition) is 1.